The summed E-state index contributed by atoms with van der Waals surface area (Å²) in [7, 11) is 0. The summed E-state index contributed by atoms with van der Waals surface area (Å²) >= 11 is 0. The van der Waals surface area contributed by atoms with E-state index in [-0.39, 0.29) is 0 Å². The Balaban J connectivity index is 2.30. The Hall–Kier alpha value is -1.90. The molecule has 82 valence electrons. The van der Waals surface area contributed by atoms with E-state index in [9.17, 15) is 4.79 Å². The van der Waals surface area contributed by atoms with Crippen molar-refractivity contribution in [2.24, 2.45) is 0 Å². The van der Waals surface area contributed by atoms with Gasteiger partial charge in [-0.3, -0.25) is 0 Å². The number of nitrogens with zero attached hydrogens (tertiary/aromatic N) is 1. The molecule has 1 aromatic heterocycles. The lowest BCUT2D eigenvalue weighted by atomic mass is 10.0. The highest BCUT2D eigenvalue weighted by Crippen LogP contribution is 2.11. The van der Waals surface area contributed by atoms with E-state index in [0.717, 1.165) is 11.3 Å². The molecule has 1 heterocycles. The van der Waals surface area contributed by atoms with Gasteiger partial charge >= 0.3 is 5.63 Å². The van der Waals surface area contributed by atoms with Crippen LogP contribution in [0, 0.1) is 13.8 Å². The summed E-state index contributed by atoms with van der Waals surface area (Å²) in [6, 6.07) is 9.74. The largest absolute Gasteiger partial charge is 0.358 e. The van der Waals surface area contributed by atoms with Gasteiger partial charge in [0, 0.05) is 6.07 Å². The first kappa shape index (κ1) is 10.6. The maximum Gasteiger partial charge on any atom is 0.358 e. The van der Waals surface area contributed by atoms with Gasteiger partial charge < -0.3 is 4.52 Å². The van der Waals surface area contributed by atoms with Gasteiger partial charge in [0.2, 0.25) is 0 Å². The molecule has 2 aromatic rings. The fourth-order valence-electron chi connectivity index (χ4n) is 1.55. The molecule has 1 aromatic carbocycles. The second kappa shape index (κ2) is 4.31. The van der Waals surface area contributed by atoms with Crippen LogP contribution in [-0.2, 0) is 6.42 Å². The third-order valence-corrected chi connectivity index (χ3v) is 2.54. The third kappa shape index (κ3) is 2.37. The molecule has 0 N–H and O–H groups in total. The number of hydrogen-bond acceptors (Lipinski definition) is 3. The first-order chi connectivity index (χ1) is 7.65. The van der Waals surface area contributed by atoms with Crippen molar-refractivity contribution in [2.75, 3.05) is 0 Å². The van der Waals surface area contributed by atoms with Gasteiger partial charge in [0.05, 0.1) is 5.69 Å². The summed E-state index contributed by atoms with van der Waals surface area (Å²) in [5.74, 6) is 0. The minimum absolute atomic E-state index is 0.396. The van der Waals surface area contributed by atoms with Crippen molar-refractivity contribution >= 4 is 0 Å². The Kier molecular flexibility index (Phi) is 2.86. The zero-order chi connectivity index (χ0) is 11.5. The van der Waals surface area contributed by atoms with Crippen molar-refractivity contribution in [3.8, 4) is 0 Å². The quantitative estimate of drug-likeness (QED) is 0.771. The van der Waals surface area contributed by atoms with Crippen LogP contribution in [0.3, 0.4) is 0 Å². The molecule has 0 spiro atoms. The van der Waals surface area contributed by atoms with Gasteiger partial charge in [0.25, 0.3) is 0 Å². The fourth-order valence-corrected chi connectivity index (χ4v) is 1.55. The molecule has 0 unspecified atom stereocenters. The highest BCUT2D eigenvalue weighted by atomic mass is 16.5. The Morgan fingerprint density at radius 1 is 1.19 bits per heavy atom. The molecular formula is C13H13NO2. The van der Waals surface area contributed by atoms with E-state index in [1.165, 1.54) is 17.2 Å². The number of benzene rings is 1. The predicted octanol–water partition coefficient (Wildman–Crippen LogP) is 2.24. The van der Waals surface area contributed by atoms with E-state index in [1.54, 1.807) is 0 Å². The maximum absolute atomic E-state index is 11.1. The van der Waals surface area contributed by atoms with Gasteiger partial charge in [-0.05, 0) is 31.4 Å². The average molecular weight is 215 g/mol. The van der Waals surface area contributed by atoms with Crippen molar-refractivity contribution in [1.82, 2.24) is 5.16 Å². The van der Waals surface area contributed by atoms with Crippen molar-refractivity contribution in [1.29, 1.82) is 0 Å². The monoisotopic (exact) mass is 215 g/mol. The lowest BCUT2D eigenvalue weighted by molar-refractivity contribution is 0.361. The second-order valence-corrected chi connectivity index (χ2v) is 3.92. The van der Waals surface area contributed by atoms with E-state index in [4.69, 9.17) is 0 Å². The molecule has 0 aliphatic heterocycles. The first-order valence-electron chi connectivity index (χ1n) is 5.17. The van der Waals surface area contributed by atoms with Crippen molar-refractivity contribution in [3.05, 3.63) is 63.1 Å². The van der Waals surface area contributed by atoms with Crippen LogP contribution in [0.25, 0.3) is 0 Å². The Labute approximate surface area is 93.7 Å². The standard InChI is InChI=1S/C13H13NO2/c1-9-3-5-11(6-4-9)7-12-8-13(15)16-14-10(12)2/h3-6,8H,7H2,1-2H3. The molecule has 0 atom stereocenters. The molecule has 2 rings (SSSR count). The number of hydrogen-bond donors (Lipinski definition) is 0. The second-order valence-electron chi connectivity index (χ2n) is 3.92. The average Bonchev–Trinajstić information content (AvgIpc) is 2.27. The molecule has 0 saturated heterocycles. The van der Waals surface area contributed by atoms with E-state index >= 15 is 0 Å². The Morgan fingerprint density at radius 3 is 2.56 bits per heavy atom. The van der Waals surface area contributed by atoms with Gasteiger partial charge in [-0.1, -0.05) is 35.0 Å². The van der Waals surface area contributed by atoms with Crippen LogP contribution < -0.4 is 5.63 Å². The van der Waals surface area contributed by atoms with Crippen LogP contribution in [0.1, 0.15) is 22.4 Å². The van der Waals surface area contributed by atoms with Crippen LogP contribution in [0.5, 0.6) is 0 Å². The SMILES string of the molecule is Cc1ccc(Cc2cc(=O)onc2C)cc1. The summed E-state index contributed by atoms with van der Waals surface area (Å²) in [5.41, 5.74) is 3.68. The lowest BCUT2D eigenvalue weighted by Gasteiger charge is -2.03. The Morgan fingerprint density at radius 2 is 1.88 bits per heavy atom. The van der Waals surface area contributed by atoms with Crippen LogP contribution in [0.2, 0.25) is 0 Å². The van der Waals surface area contributed by atoms with Crippen molar-refractivity contribution in [2.45, 2.75) is 20.3 Å². The molecule has 16 heavy (non-hydrogen) atoms. The summed E-state index contributed by atoms with van der Waals surface area (Å²) in [5, 5.41) is 3.70. The van der Waals surface area contributed by atoms with Crippen LogP contribution in [0.4, 0.5) is 0 Å². The molecule has 0 aliphatic rings. The number of rotatable bonds is 2. The summed E-state index contributed by atoms with van der Waals surface area (Å²) in [4.78, 5) is 11.1. The van der Waals surface area contributed by atoms with Crippen LogP contribution in [0.15, 0.2) is 39.6 Å². The summed E-state index contributed by atoms with van der Waals surface area (Å²) in [6.07, 6.45) is 0.713. The molecule has 0 bridgehead atoms. The molecule has 0 fully saturated rings. The van der Waals surface area contributed by atoms with Crippen molar-refractivity contribution < 1.29 is 4.52 Å². The van der Waals surface area contributed by atoms with E-state index in [2.05, 4.69) is 33.9 Å². The smallest absolute Gasteiger partial charge is 0.313 e. The van der Waals surface area contributed by atoms with E-state index < -0.39 is 5.63 Å². The highest BCUT2D eigenvalue weighted by molar-refractivity contribution is 5.28. The van der Waals surface area contributed by atoms with Crippen LogP contribution in [-0.4, -0.2) is 5.16 Å². The lowest BCUT2D eigenvalue weighted by Crippen LogP contribution is -2.04. The van der Waals surface area contributed by atoms with Gasteiger partial charge in [-0.2, -0.15) is 0 Å². The third-order valence-electron chi connectivity index (χ3n) is 2.54. The van der Waals surface area contributed by atoms with Gasteiger partial charge in [-0.15, -0.1) is 0 Å². The Bertz CT molecular complexity index is 541. The predicted molar refractivity (Wildman–Crippen MR) is 61.5 cm³/mol. The summed E-state index contributed by atoms with van der Waals surface area (Å²) in [6.45, 7) is 3.89. The maximum atomic E-state index is 11.1. The highest BCUT2D eigenvalue weighted by Gasteiger charge is 2.03. The molecular weight excluding hydrogens is 202 g/mol. The fraction of sp³-hybridized carbons (Fsp3) is 0.231. The first-order valence-corrected chi connectivity index (χ1v) is 5.17. The minimum Gasteiger partial charge on any atom is -0.313 e. The zero-order valence-electron chi connectivity index (χ0n) is 9.36. The van der Waals surface area contributed by atoms with E-state index in [1.807, 2.05) is 13.8 Å². The minimum atomic E-state index is -0.396. The summed E-state index contributed by atoms with van der Waals surface area (Å²) < 4.78 is 4.55. The van der Waals surface area contributed by atoms with Gasteiger partial charge in [0.15, 0.2) is 0 Å². The number of aromatic nitrogens is 1. The van der Waals surface area contributed by atoms with Crippen molar-refractivity contribution in [3.63, 3.8) is 0 Å². The molecule has 3 nitrogen and oxygen atoms in total. The normalized spacial score (nSPS) is 10.4. The zero-order valence-corrected chi connectivity index (χ0v) is 9.36. The topological polar surface area (TPSA) is 43.1 Å². The van der Waals surface area contributed by atoms with Gasteiger partial charge in [-0.25, -0.2) is 4.79 Å². The molecule has 0 saturated carbocycles. The van der Waals surface area contributed by atoms with Crippen LogP contribution >= 0.6 is 0 Å². The molecule has 0 radical (unpaired) electrons. The van der Waals surface area contributed by atoms with Gasteiger partial charge in [0.1, 0.15) is 0 Å². The molecule has 0 amide bonds. The van der Waals surface area contributed by atoms with E-state index in [0.29, 0.717) is 6.42 Å². The number of aryl methyl sites for hydroxylation is 2. The molecule has 0 aliphatic carbocycles. The molecule has 3 heteroatoms.